The Labute approximate surface area is 145 Å². The molecule has 0 spiro atoms. The average molecular weight is 339 g/mol. The number of H-pyrrole nitrogens is 2. The molecule has 0 fully saturated rings. The summed E-state index contributed by atoms with van der Waals surface area (Å²) in [6.07, 6.45) is 0.657. The summed E-state index contributed by atoms with van der Waals surface area (Å²) in [5.41, 5.74) is 3.01. The van der Waals surface area contributed by atoms with Gasteiger partial charge in [-0.05, 0) is 38.1 Å². The Balaban J connectivity index is 1.51. The van der Waals surface area contributed by atoms with Crippen molar-refractivity contribution in [3.8, 4) is 5.75 Å². The fourth-order valence-electron chi connectivity index (χ4n) is 2.47. The van der Waals surface area contributed by atoms with Gasteiger partial charge in [-0.15, -0.1) is 0 Å². The van der Waals surface area contributed by atoms with Gasteiger partial charge in [-0.2, -0.15) is 10.2 Å². The lowest BCUT2D eigenvalue weighted by Crippen LogP contribution is -2.34. The summed E-state index contributed by atoms with van der Waals surface area (Å²) >= 11 is 0. The van der Waals surface area contributed by atoms with Gasteiger partial charge in [-0.3, -0.25) is 15.0 Å². The molecule has 0 saturated heterocycles. The Morgan fingerprint density at radius 3 is 2.72 bits per heavy atom. The number of nitrogens with zero attached hydrogens (tertiary/aromatic N) is 2. The van der Waals surface area contributed by atoms with E-state index >= 15 is 0 Å². The minimum absolute atomic E-state index is 0.0454. The fraction of sp³-hybridized carbons (Fsp3) is 0.278. The first-order valence-corrected chi connectivity index (χ1v) is 8.14. The molecule has 2 heterocycles. The largest absolute Gasteiger partial charge is 0.487 e. The molecule has 3 N–H and O–H groups in total. The van der Waals surface area contributed by atoms with E-state index in [9.17, 15) is 4.79 Å². The molecule has 0 radical (unpaired) electrons. The first-order valence-electron chi connectivity index (χ1n) is 8.14. The van der Waals surface area contributed by atoms with Gasteiger partial charge in [0, 0.05) is 18.2 Å². The lowest BCUT2D eigenvalue weighted by atomic mass is 10.1. The van der Waals surface area contributed by atoms with Crippen LogP contribution < -0.4 is 10.1 Å². The number of hydrogen-bond acceptors (Lipinski definition) is 4. The van der Waals surface area contributed by atoms with Crippen LogP contribution in [0.3, 0.4) is 0 Å². The summed E-state index contributed by atoms with van der Waals surface area (Å²) in [5, 5.41) is 16.9. The molecule has 130 valence electrons. The van der Waals surface area contributed by atoms with Gasteiger partial charge in [0.1, 0.15) is 18.1 Å². The SMILES string of the molecule is Cc1cc(CC(C)NC(=O)c2cc(COc3ccccc3)[nH]n2)n[nH]1. The monoisotopic (exact) mass is 339 g/mol. The molecule has 1 aromatic carbocycles. The third-order valence-corrected chi connectivity index (χ3v) is 3.65. The lowest BCUT2D eigenvalue weighted by molar-refractivity contribution is 0.0935. The summed E-state index contributed by atoms with van der Waals surface area (Å²) in [5.74, 6) is 0.549. The maximum Gasteiger partial charge on any atom is 0.271 e. The number of ether oxygens (including phenoxy) is 1. The number of aromatic amines is 2. The molecular formula is C18H21N5O2. The highest BCUT2D eigenvalue weighted by atomic mass is 16.5. The van der Waals surface area contributed by atoms with E-state index in [2.05, 4.69) is 25.7 Å². The Hall–Kier alpha value is -3.09. The molecule has 0 saturated carbocycles. The summed E-state index contributed by atoms with van der Waals surface area (Å²) in [7, 11) is 0. The molecule has 3 aromatic rings. The van der Waals surface area contributed by atoms with Crippen molar-refractivity contribution in [2.24, 2.45) is 0 Å². The van der Waals surface area contributed by atoms with Crippen LogP contribution in [-0.2, 0) is 13.0 Å². The number of benzene rings is 1. The maximum atomic E-state index is 12.3. The second kappa shape index (κ2) is 7.65. The molecule has 1 unspecified atom stereocenters. The molecule has 1 atom stereocenters. The third kappa shape index (κ3) is 4.69. The van der Waals surface area contributed by atoms with E-state index in [4.69, 9.17) is 4.74 Å². The zero-order chi connectivity index (χ0) is 17.6. The normalized spacial score (nSPS) is 11.9. The van der Waals surface area contributed by atoms with Crippen molar-refractivity contribution >= 4 is 5.91 Å². The maximum absolute atomic E-state index is 12.3. The van der Waals surface area contributed by atoms with Crippen LogP contribution in [0.4, 0.5) is 0 Å². The molecular weight excluding hydrogens is 318 g/mol. The van der Waals surface area contributed by atoms with Gasteiger partial charge < -0.3 is 10.1 Å². The number of aryl methyl sites for hydroxylation is 1. The van der Waals surface area contributed by atoms with Gasteiger partial charge in [-0.1, -0.05) is 18.2 Å². The quantitative estimate of drug-likeness (QED) is 0.616. The van der Waals surface area contributed by atoms with Crippen LogP contribution in [0.15, 0.2) is 42.5 Å². The van der Waals surface area contributed by atoms with Gasteiger partial charge in [0.15, 0.2) is 0 Å². The molecule has 1 amide bonds. The van der Waals surface area contributed by atoms with Crippen LogP contribution in [0.2, 0.25) is 0 Å². The Bertz CT molecular complexity index is 825. The van der Waals surface area contributed by atoms with Gasteiger partial charge in [0.05, 0.1) is 11.4 Å². The zero-order valence-corrected chi connectivity index (χ0v) is 14.2. The summed E-state index contributed by atoms with van der Waals surface area (Å²) in [4.78, 5) is 12.3. The van der Waals surface area contributed by atoms with Crippen molar-refractivity contribution < 1.29 is 9.53 Å². The van der Waals surface area contributed by atoms with Crippen LogP contribution in [0.25, 0.3) is 0 Å². The van der Waals surface area contributed by atoms with Crippen molar-refractivity contribution in [2.75, 3.05) is 0 Å². The van der Waals surface area contributed by atoms with Crippen LogP contribution in [0.5, 0.6) is 5.75 Å². The minimum Gasteiger partial charge on any atom is -0.487 e. The van der Waals surface area contributed by atoms with Crippen LogP contribution in [0, 0.1) is 6.92 Å². The average Bonchev–Trinajstić information content (AvgIpc) is 3.23. The van der Waals surface area contributed by atoms with Crippen molar-refractivity contribution in [2.45, 2.75) is 32.9 Å². The number of rotatable bonds is 7. The van der Waals surface area contributed by atoms with Crippen molar-refractivity contribution in [1.82, 2.24) is 25.7 Å². The molecule has 0 aliphatic heterocycles. The van der Waals surface area contributed by atoms with E-state index in [0.717, 1.165) is 22.8 Å². The molecule has 2 aromatic heterocycles. The lowest BCUT2D eigenvalue weighted by Gasteiger charge is -2.11. The number of amides is 1. The van der Waals surface area contributed by atoms with Gasteiger partial charge >= 0.3 is 0 Å². The smallest absolute Gasteiger partial charge is 0.271 e. The standard InChI is InChI=1S/C18H21N5O2/c1-12(8-14-9-13(2)20-21-14)19-18(24)17-10-15(22-23-17)11-25-16-6-4-3-5-7-16/h3-7,9-10,12H,8,11H2,1-2H3,(H,19,24)(H,20,21)(H,22,23). The summed E-state index contributed by atoms with van der Waals surface area (Å²) in [6, 6.07) is 13.1. The number of para-hydroxylation sites is 1. The number of aromatic nitrogens is 4. The fourth-order valence-corrected chi connectivity index (χ4v) is 2.47. The predicted octanol–water partition coefficient (Wildman–Crippen LogP) is 2.38. The Morgan fingerprint density at radius 2 is 2.00 bits per heavy atom. The second-order valence-electron chi connectivity index (χ2n) is 6.00. The van der Waals surface area contributed by atoms with Crippen LogP contribution in [-0.4, -0.2) is 32.3 Å². The first kappa shape index (κ1) is 16.8. The number of carbonyl (C=O) groups is 1. The third-order valence-electron chi connectivity index (χ3n) is 3.65. The Kier molecular flexibility index (Phi) is 5.13. The number of carbonyl (C=O) groups excluding carboxylic acids is 1. The highest BCUT2D eigenvalue weighted by Gasteiger charge is 2.14. The molecule has 0 bridgehead atoms. The van der Waals surface area contributed by atoms with Crippen LogP contribution >= 0.6 is 0 Å². The first-order chi connectivity index (χ1) is 12.1. The van der Waals surface area contributed by atoms with Crippen molar-refractivity contribution in [3.63, 3.8) is 0 Å². The second-order valence-corrected chi connectivity index (χ2v) is 6.00. The minimum atomic E-state index is -0.220. The molecule has 7 heteroatoms. The molecule has 0 aliphatic rings. The number of nitrogens with one attached hydrogen (secondary N) is 3. The molecule has 25 heavy (non-hydrogen) atoms. The predicted molar refractivity (Wildman–Crippen MR) is 93.3 cm³/mol. The van der Waals surface area contributed by atoms with E-state index in [-0.39, 0.29) is 11.9 Å². The summed E-state index contributed by atoms with van der Waals surface area (Å²) in [6.45, 7) is 4.21. The highest BCUT2D eigenvalue weighted by Crippen LogP contribution is 2.11. The topological polar surface area (TPSA) is 95.7 Å². The van der Waals surface area contributed by atoms with E-state index in [1.807, 2.05) is 50.2 Å². The van der Waals surface area contributed by atoms with Gasteiger partial charge in [0.25, 0.3) is 5.91 Å². The molecule has 3 rings (SSSR count). The van der Waals surface area contributed by atoms with Gasteiger partial charge in [0.2, 0.25) is 0 Å². The number of hydrogen-bond donors (Lipinski definition) is 3. The van der Waals surface area contributed by atoms with E-state index in [1.165, 1.54) is 0 Å². The Morgan fingerprint density at radius 1 is 1.20 bits per heavy atom. The van der Waals surface area contributed by atoms with Crippen molar-refractivity contribution in [1.29, 1.82) is 0 Å². The van der Waals surface area contributed by atoms with E-state index in [1.54, 1.807) is 6.07 Å². The zero-order valence-electron chi connectivity index (χ0n) is 14.2. The van der Waals surface area contributed by atoms with Gasteiger partial charge in [-0.25, -0.2) is 0 Å². The van der Waals surface area contributed by atoms with E-state index < -0.39 is 0 Å². The molecule has 7 nitrogen and oxygen atoms in total. The highest BCUT2D eigenvalue weighted by molar-refractivity contribution is 5.92. The van der Waals surface area contributed by atoms with Crippen molar-refractivity contribution in [3.05, 3.63) is 65.2 Å². The summed E-state index contributed by atoms with van der Waals surface area (Å²) < 4.78 is 5.63. The van der Waals surface area contributed by atoms with Crippen LogP contribution in [0.1, 0.15) is 34.5 Å². The van der Waals surface area contributed by atoms with E-state index in [0.29, 0.717) is 18.7 Å². The molecule has 0 aliphatic carbocycles.